The quantitative estimate of drug-likeness (QED) is 0.787. The molecule has 0 aromatic heterocycles. The van der Waals surface area contributed by atoms with E-state index in [2.05, 4.69) is 11.4 Å². The standard InChI is InChI=1S/C12H16N2O2/c1-14-10(7-12(13)15)8-2-3-11-9(6-8)4-5-16-11/h2-3,6,10,14H,4-5,7H2,1H3,(H2,13,15). The summed E-state index contributed by atoms with van der Waals surface area (Å²) in [5, 5.41) is 3.10. The molecule has 16 heavy (non-hydrogen) atoms. The maximum Gasteiger partial charge on any atom is 0.219 e. The van der Waals surface area contributed by atoms with Gasteiger partial charge >= 0.3 is 0 Å². The first-order valence-corrected chi connectivity index (χ1v) is 5.42. The van der Waals surface area contributed by atoms with E-state index in [-0.39, 0.29) is 11.9 Å². The van der Waals surface area contributed by atoms with Gasteiger partial charge in [0, 0.05) is 18.9 Å². The molecule has 3 N–H and O–H groups in total. The molecule has 1 aromatic carbocycles. The lowest BCUT2D eigenvalue weighted by Crippen LogP contribution is -2.23. The molecule has 0 aliphatic carbocycles. The molecule has 0 bridgehead atoms. The first kappa shape index (κ1) is 11.0. The van der Waals surface area contributed by atoms with Crippen LogP contribution in [0, 0.1) is 0 Å². The molecule has 0 radical (unpaired) electrons. The van der Waals surface area contributed by atoms with Gasteiger partial charge in [-0.25, -0.2) is 0 Å². The summed E-state index contributed by atoms with van der Waals surface area (Å²) < 4.78 is 5.44. The number of carbonyl (C=O) groups excluding carboxylic acids is 1. The number of hydrogen-bond donors (Lipinski definition) is 2. The highest BCUT2D eigenvalue weighted by molar-refractivity contribution is 5.74. The molecule has 1 atom stereocenters. The molecular weight excluding hydrogens is 204 g/mol. The van der Waals surface area contributed by atoms with Gasteiger partial charge in [0.05, 0.1) is 6.61 Å². The molecule has 0 fully saturated rings. The van der Waals surface area contributed by atoms with Gasteiger partial charge in [-0.1, -0.05) is 12.1 Å². The maximum absolute atomic E-state index is 10.9. The smallest absolute Gasteiger partial charge is 0.219 e. The van der Waals surface area contributed by atoms with Crippen molar-refractivity contribution in [3.05, 3.63) is 29.3 Å². The largest absolute Gasteiger partial charge is 0.493 e. The van der Waals surface area contributed by atoms with Gasteiger partial charge in [0.2, 0.25) is 5.91 Å². The van der Waals surface area contributed by atoms with Crippen LogP contribution in [-0.2, 0) is 11.2 Å². The SMILES string of the molecule is CNC(CC(N)=O)c1ccc2c(c1)CCO2. The summed E-state index contributed by atoms with van der Waals surface area (Å²) in [5.74, 6) is 0.661. The average molecular weight is 220 g/mol. The van der Waals surface area contributed by atoms with E-state index in [1.807, 2.05) is 19.2 Å². The van der Waals surface area contributed by atoms with Gasteiger partial charge in [0.15, 0.2) is 0 Å². The third-order valence-corrected chi connectivity index (χ3v) is 2.87. The fourth-order valence-corrected chi connectivity index (χ4v) is 2.01. The number of nitrogens with two attached hydrogens (primary N) is 1. The van der Waals surface area contributed by atoms with Crippen LogP contribution in [0.5, 0.6) is 5.75 Å². The summed E-state index contributed by atoms with van der Waals surface area (Å²) in [6, 6.07) is 6.02. The minimum absolute atomic E-state index is 0.0107. The fraction of sp³-hybridized carbons (Fsp3) is 0.417. The Bertz CT molecular complexity index is 404. The van der Waals surface area contributed by atoms with Crippen LogP contribution in [0.15, 0.2) is 18.2 Å². The molecule has 2 rings (SSSR count). The van der Waals surface area contributed by atoms with Crippen LogP contribution >= 0.6 is 0 Å². The highest BCUT2D eigenvalue weighted by atomic mass is 16.5. The molecule has 1 amide bonds. The monoisotopic (exact) mass is 220 g/mol. The molecule has 1 heterocycles. The van der Waals surface area contributed by atoms with Crippen LogP contribution in [0.2, 0.25) is 0 Å². The summed E-state index contributed by atoms with van der Waals surface area (Å²) >= 11 is 0. The Morgan fingerprint density at radius 2 is 2.44 bits per heavy atom. The molecule has 1 aromatic rings. The average Bonchev–Trinajstić information content (AvgIpc) is 2.72. The third-order valence-electron chi connectivity index (χ3n) is 2.87. The van der Waals surface area contributed by atoms with Crippen molar-refractivity contribution in [2.45, 2.75) is 18.9 Å². The lowest BCUT2D eigenvalue weighted by molar-refractivity contribution is -0.118. The van der Waals surface area contributed by atoms with Crippen molar-refractivity contribution in [2.75, 3.05) is 13.7 Å². The Hall–Kier alpha value is -1.55. The second-order valence-corrected chi connectivity index (χ2v) is 3.98. The zero-order valence-corrected chi connectivity index (χ0v) is 9.32. The van der Waals surface area contributed by atoms with Gasteiger partial charge in [-0.15, -0.1) is 0 Å². The van der Waals surface area contributed by atoms with Crippen LogP contribution in [-0.4, -0.2) is 19.6 Å². The minimum atomic E-state index is -0.295. The van der Waals surface area contributed by atoms with E-state index in [9.17, 15) is 4.79 Å². The summed E-state index contributed by atoms with van der Waals surface area (Å²) in [6.45, 7) is 0.749. The van der Waals surface area contributed by atoms with E-state index < -0.39 is 0 Å². The summed E-state index contributed by atoms with van der Waals surface area (Å²) in [7, 11) is 1.83. The van der Waals surface area contributed by atoms with Gasteiger partial charge in [-0.2, -0.15) is 0 Å². The normalized spacial score (nSPS) is 15.3. The van der Waals surface area contributed by atoms with Crippen molar-refractivity contribution < 1.29 is 9.53 Å². The zero-order valence-electron chi connectivity index (χ0n) is 9.32. The van der Waals surface area contributed by atoms with Gasteiger partial charge in [-0.05, 0) is 24.2 Å². The molecule has 0 saturated carbocycles. The minimum Gasteiger partial charge on any atom is -0.493 e. The van der Waals surface area contributed by atoms with Crippen LogP contribution in [0.25, 0.3) is 0 Å². The first-order chi connectivity index (χ1) is 7.70. The molecule has 1 aliphatic rings. The second kappa shape index (κ2) is 4.53. The Balaban J connectivity index is 2.21. The summed E-state index contributed by atoms with van der Waals surface area (Å²) in [6.07, 6.45) is 1.26. The van der Waals surface area contributed by atoms with E-state index in [4.69, 9.17) is 10.5 Å². The number of benzene rings is 1. The van der Waals surface area contributed by atoms with E-state index in [0.717, 1.165) is 24.3 Å². The summed E-state index contributed by atoms with van der Waals surface area (Å²) in [4.78, 5) is 10.9. The predicted molar refractivity (Wildman–Crippen MR) is 61.3 cm³/mol. The Labute approximate surface area is 94.8 Å². The van der Waals surface area contributed by atoms with Crippen molar-refractivity contribution in [1.82, 2.24) is 5.32 Å². The lowest BCUT2D eigenvalue weighted by atomic mass is 10.00. The van der Waals surface area contributed by atoms with Gasteiger partial charge in [0.1, 0.15) is 5.75 Å². The third kappa shape index (κ3) is 2.17. The lowest BCUT2D eigenvalue weighted by Gasteiger charge is -2.15. The van der Waals surface area contributed by atoms with Crippen LogP contribution in [0.4, 0.5) is 0 Å². The highest BCUT2D eigenvalue weighted by Gasteiger charge is 2.17. The zero-order chi connectivity index (χ0) is 11.5. The van der Waals surface area contributed by atoms with Crippen molar-refractivity contribution in [1.29, 1.82) is 0 Å². The molecule has 0 saturated heterocycles. The van der Waals surface area contributed by atoms with Crippen molar-refractivity contribution in [3.8, 4) is 5.75 Å². The fourth-order valence-electron chi connectivity index (χ4n) is 2.01. The molecule has 1 unspecified atom stereocenters. The maximum atomic E-state index is 10.9. The van der Waals surface area contributed by atoms with Gasteiger partial charge in [0.25, 0.3) is 0 Å². The highest BCUT2D eigenvalue weighted by Crippen LogP contribution is 2.28. The van der Waals surface area contributed by atoms with E-state index >= 15 is 0 Å². The Morgan fingerprint density at radius 3 is 3.12 bits per heavy atom. The number of primary amides is 1. The number of amides is 1. The van der Waals surface area contributed by atoms with Crippen LogP contribution in [0.3, 0.4) is 0 Å². The van der Waals surface area contributed by atoms with Gasteiger partial charge < -0.3 is 15.8 Å². The Kier molecular flexibility index (Phi) is 3.10. The van der Waals surface area contributed by atoms with E-state index in [1.165, 1.54) is 5.56 Å². The Morgan fingerprint density at radius 1 is 1.62 bits per heavy atom. The number of ether oxygens (including phenoxy) is 1. The molecule has 86 valence electrons. The molecule has 4 heteroatoms. The van der Waals surface area contributed by atoms with E-state index in [0.29, 0.717) is 6.42 Å². The number of carbonyl (C=O) groups is 1. The number of fused-ring (bicyclic) bond motifs is 1. The van der Waals surface area contributed by atoms with Crippen molar-refractivity contribution >= 4 is 5.91 Å². The predicted octanol–water partition coefficient (Wildman–Crippen LogP) is 0.757. The van der Waals surface area contributed by atoms with E-state index in [1.54, 1.807) is 0 Å². The van der Waals surface area contributed by atoms with Gasteiger partial charge in [-0.3, -0.25) is 4.79 Å². The topological polar surface area (TPSA) is 64.3 Å². The molecule has 0 spiro atoms. The van der Waals surface area contributed by atoms with Crippen molar-refractivity contribution in [2.24, 2.45) is 5.73 Å². The second-order valence-electron chi connectivity index (χ2n) is 3.98. The first-order valence-electron chi connectivity index (χ1n) is 5.42. The number of nitrogens with one attached hydrogen (secondary N) is 1. The molecule has 1 aliphatic heterocycles. The van der Waals surface area contributed by atoms with Crippen LogP contribution in [0.1, 0.15) is 23.6 Å². The summed E-state index contributed by atoms with van der Waals surface area (Å²) in [5.41, 5.74) is 7.51. The molecular formula is C12H16N2O2. The molecule has 4 nitrogen and oxygen atoms in total. The van der Waals surface area contributed by atoms with Crippen LogP contribution < -0.4 is 15.8 Å². The number of hydrogen-bond acceptors (Lipinski definition) is 3. The van der Waals surface area contributed by atoms with Crippen molar-refractivity contribution in [3.63, 3.8) is 0 Å². The number of rotatable bonds is 4.